The van der Waals surface area contributed by atoms with Crippen LogP contribution in [0.15, 0.2) is 84.4 Å². The second kappa shape index (κ2) is 11.9. The number of rotatable bonds is 9. The molecule has 0 bridgehead atoms. The van der Waals surface area contributed by atoms with E-state index in [9.17, 15) is 9.59 Å². The van der Waals surface area contributed by atoms with E-state index < -0.39 is 17.5 Å². The van der Waals surface area contributed by atoms with Crippen molar-refractivity contribution in [2.45, 2.75) is 33.0 Å². The van der Waals surface area contributed by atoms with E-state index in [1.807, 2.05) is 63.2 Å². The van der Waals surface area contributed by atoms with Crippen molar-refractivity contribution in [2.24, 2.45) is 0 Å². The van der Waals surface area contributed by atoms with Gasteiger partial charge in [-0.05, 0) is 74.4 Å². The number of hydrogen-bond donors (Lipinski definition) is 0. The first-order chi connectivity index (χ1) is 16.7. The highest BCUT2D eigenvalue weighted by molar-refractivity contribution is 5.94. The molecule has 0 radical (unpaired) electrons. The molecule has 0 saturated carbocycles. The third-order valence-corrected chi connectivity index (χ3v) is 4.80. The largest absolute Gasteiger partial charge is 0.489 e. The Morgan fingerprint density at radius 1 is 0.800 bits per heavy atom. The second-order valence-corrected chi connectivity index (χ2v) is 8.82. The molecule has 6 nitrogen and oxygen atoms in total. The van der Waals surface area contributed by atoms with E-state index in [1.54, 1.807) is 42.5 Å². The molecule has 3 rings (SSSR count). The lowest BCUT2D eigenvalue weighted by Crippen LogP contribution is -2.26. The van der Waals surface area contributed by atoms with Gasteiger partial charge in [-0.25, -0.2) is 9.59 Å². The molecule has 0 saturated heterocycles. The van der Waals surface area contributed by atoms with Crippen molar-refractivity contribution >= 4 is 18.0 Å². The molecule has 0 aliphatic carbocycles. The standard InChI is InChI=1S/C29H30O6/c1-29(2,3)35-28(31)24(18-21-10-12-23(13-11-21)27(30)32-4)20-34-26-16-14-25(15-17-26)33-19-22-8-6-5-7-9-22/h5-18H,19-20H2,1-4H3/b24-18+. The first-order valence-electron chi connectivity index (χ1n) is 11.3. The molecule has 182 valence electrons. The van der Waals surface area contributed by atoms with Crippen molar-refractivity contribution in [3.05, 3.63) is 101 Å². The topological polar surface area (TPSA) is 71.1 Å². The lowest BCUT2D eigenvalue weighted by molar-refractivity contribution is -0.150. The zero-order valence-corrected chi connectivity index (χ0v) is 20.4. The van der Waals surface area contributed by atoms with Crippen LogP contribution >= 0.6 is 0 Å². The highest BCUT2D eigenvalue weighted by atomic mass is 16.6. The van der Waals surface area contributed by atoms with E-state index >= 15 is 0 Å². The van der Waals surface area contributed by atoms with Crippen LogP contribution in [-0.4, -0.2) is 31.3 Å². The summed E-state index contributed by atoms with van der Waals surface area (Å²) in [5, 5.41) is 0. The van der Waals surface area contributed by atoms with E-state index in [4.69, 9.17) is 18.9 Å². The molecule has 0 aliphatic heterocycles. The van der Waals surface area contributed by atoms with Crippen molar-refractivity contribution in [1.82, 2.24) is 0 Å². The highest BCUT2D eigenvalue weighted by Gasteiger charge is 2.20. The molecule has 0 atom stereocenters. The van der Waals surface area contributed by atoms with Crippen molar-refractivity contribution in [3.8, 4) is 11.5 Å². The molecule has 0 aromatic heterocycles. The van der Waals surface area contributed by atoms with Crippen LogP contribution in [0.4, 0.5) is 0 Å². The zero-order chi connectivity index (χ0) is 25.3. The normalized spacial score (nSPS) is 11.5. The van der Waals surface area contributed by atoms with Gasteiger partial charge >= 0.3 is 11.9 Å². The lowest BCUT2D eigenvalue weighted by atomic mass is 10.1. The molecule has 35 heavy (non-hydrogen) atoms. The fourth-order valence-corrected chi connectivity index (χ4v) is 3.07. The molecule has 0 amide bonds. The maximum absolute atomic E-state index is 12.8. The van der Waals surface area contributed by atoms with Gasteiger partial charge in [0, 0.05) is 0 Å². The van der Waals surface area contributed by atoms with Crippen LogP contribution in [0.3, 0.4) is 0 Å². The maximum Gasteiger partial charge on any atom is 0.338 e. The minimum Gasteiger partial charge on any atom is -0.489 e. The molecule has 3 aromatic carbocycles. The van der Waals surface area contributed by atoms with Gasteiger partial charge in [0.15, 0.2) is 0 Å². The number of carbonyl (C=O) groups is 2. The molecule has 0 aliphatic rings. The minimum absolute atomic E-state index is 0.0118. The Bertz CT molecular complexity index is 1140. The summed E-state index contributed by atoms with van der Waals surface area (Å²) >= 11 is 0. The Morgan fingerprint density at radius 2 is 1.40 bits per heavy atom. The third-order valence-electron chi connectivity index (χ3n) is 4.80. The zero-order valence-electron chi connectivity index (χ0n) is 20.4. The van der Waals surface area contributed by atoms with E-state index in [-0.39, 0.29) is 6.61 Å². The molecule has 0 spiro atoms. The van der Waals surface area contributed by atoms with Crippen molar-refractivity contribution in [1.29, 1.82) is 0 Å². The average molecular weight is 475 g/mol. The Labute approximate surface area is 206 Å². The van der Waals surface area contributed by atoms with Gasteiger partial charge in [0.25, 0.3) is 0 Å². The first kappa shape index (κ1) is 25.6. The third kappa shape index (κ3) is 8.34. The van der Waals surface area contributed by atoms with Crippen LogP contribution in [0.25, 0.3) is 6.08 Å². The summed E-state index contributed by atoms with van der Waals surface area (Å²) in [6, 6.07) is 23.9. The lowest BCUT2D eigenvalue weighted by Gasteiger charge is -2.21. The first-order valence-corrected chi connectivity index (χ1v) is 11.3. The summed E-state index contributed by atoms with van der Waals surface area (Å²) in [4.78, 5) is 24.5. The summed E-state index contributed by atoms with van der Waals surface area (Å²) in [5.74, 6) is 0.409. The summed E-state index contributed by atoms with van der Waals surface area (Å²) in [6.45, 7) is 5.91. The van der Waals surface area contributed by atoms with Gasteiger partial charge in [0.1, 0.15) is 30.3 Å². The molecule has 0 heterocycles. The van der Waals surface area contributed by atoms with Crippen molar-refractivity contribution in [2.75, 3.05) is 13.7 Å². The van der Waals surface area contributed by atoms with Gasteiger partial charge in [0.2, 0.25) is 0 Å². The smallest absolute Gasteiger partial charge is 0.338 e. The molecule has 3 aromatic rings. The van der Waals surface area contributed by atoms with Crippen LogP contribution in [0.5, 0.6) is 11.5 Å². The number of benzene rings is 3. The fourth-order valence-electron chi connectivity index (χ4n) is 3.07. The minimum atomic E-state index is -0.650. The predicted molar refractivity (Wildman–Crippen MR) is 134 cm³/mol. The number of carbonyl (C=O) groups excluding carboxylic acids is 2. The fraction of sp³-hybridized carbons (Fsp3) is 0.241. The Kier molecular flexibility index (Phi) is 8.68. The summed E-state index contributed by atoms with van der Waals surface area (Å²) in [6.07, 6.45) is 1.69. The molecule has 6 heteroatoms. The number of esters is 2. The van der Waals surface area contributed by atoms with Crippen molar-refractivity contribution in [3.63, 3.8) is 0 Å². The van der Waals surface area contributed by atoms with Gasteiger partial charge in [-0.2, -0.15) is 0 Å². The summed E-state index contributed by atoms with van der Waals surface area (Å²) in [5.41, 5.74) is 1.93. The van der Waals surface area contributed by atoms with Crippen molar-refractivity contribution < 1.29 is 28.5 Å². The van der Waals surface area contributed by atoms with Gasteiger partial charge < -0.3 is 18.9 Å². The number of ether oxygens (including phenoxy) is 4. The average Bonchev–Trinajstić information content (AvgIpc) is 2.85. The monoisotopic (exact) mass is 474 g/mol. The predicted octanol–water partition coefficient (Wildman–Crippen LogP) is 5.86. The van der Waals surface area contributed by atoms with Crippen LogP contribution in [0.2, 0.25) is 0 Å². The van der Waals surface area contributed by atoms with Crippen LogP contribution in [0.1, 0.15) is 42.3 Å². The van der Waals surface area contributed by atoms with Crippen LogP contribution < -0.4 is 9.47 Å². The Balaban J connectivity index is 1.68. The highest BCUT2D eigenvalue weighted by Crippen LogP contribution is 2.21. The molecule has 0 N–H and O–H groups in total. The van der Waals surface area contributed by atoms with E-state index in [1.165, 1.54) is 7.11 Å². The Hall–Kier alpha value is -4.06. The molecular formula is C29H30O6. The summed E-state index contributed by atoms with van der Waals surface area (Å²) in [7, 11) is 1.33. The molecular weight excluding hydrogens is 444 g/mol. The van der Waals surface area contributed by atoms with Gasteiger partial charge in [-0.3, -0.25) is 0 Å². The van der Waals surface area contributed by atoms with Crippen LogP contribution in [-0.2, 0) is 20.9 Å². The molecule has 0 unspecified atom stereocenters. The van der Waals surface area contributed by atoms with Gasteiger partial charge in [-0.15, -0.1) is 0 Å². The van der Waals surface area contributed by atoms with E-state index in [0.29, 0.717) is 23.5 Å². The van der Waals surface area contributed by atoms with E-state index in [2.05, 4.69) is 0 Å². The van der Waals surface area contributed by atoms with Gasteiger partial charge in [-0.1, -0.05) is 42.5 Å². The number of hydrogen-bond acceptors (Lipinski definition) is 6. The second-order valence-electron chi connectivity index (χ2n) is 8.82. The maximum atomic E-state index is 12.8. The molecule has 0 fully saturated rings. The quantitative estimate of drug-likeness (QED) is 0.286. The number of methoxy groups -OCH3 is 1. The SMILES string of the molecule is COC(=O)c1ccc(/C=C(\COc2ccc(OCc3ccccc3)cc2)C(=O)OC(C)(C)C)cc1. The van der Waals surface area contributed by atoms with E-state index in [0.717, 1.165) is 16.9 Å². The van der Waals surface area contributed by atoms with Crippen LogP contribution in [0, 0.1) is 0 Å². The Morgan fingerprint density at radius 3 is 1.97 bits per heavy atom. The summed E-state index contributed by atoms with van der Waals surface area (Å²) < 4.78 is 22.0. The van der Waals surface area contributed by atoms with Gasteiger partial charge in [0.05, 0.1) is 18.2 Å².